The molecule has 6 nitrogen and oxygen atoms in total. The third-order valence-electron chi connectivity index (χ3n) is 3.96. The lowest BCUT2D eigenvalue weighted by Crippen LogP contribution is -2.14. The number of nitrogens with one attached hydrogen (secondary N) is 2. The summed E-state index contributed by atoms with van der Waals surface area (Å²) in [5, 5.41) is 5.68. The average Bonchev–Trinajstić information content (AvgIpc) is 2.66. The summed E-state index contributed by atoms with van der Waals surface area (Å²) in [6.07, 6.45) is 2.15. The fourth-order valence-corrected chi connectivity index (χ4v) is 2.62. The Morgan fingerprint density at radius 2 is 1.41 bits per heavy atom. The summed E-state index contributed by atoms with van der Waals surface area (Å²) in [6.45, 7) is 1.95. The van der Waals surface area contributed by atoms with Gasteiger partial charge in [0.05, 0.1) is 14.2 Å². The van der Waals surface area contributed by atoms with Gasteiger partial charge in [-0.25, -0.2) is 0 Å². The van der Waals surface area contributed by atoms with E-state index in [4.69, 9.17) is 9.47 Å². The number of carbonyl (C=O) groups excluding carboxylic acids is 2. The molecule has 27 heavy (non-hydrogen) atoms. The van der Waals surface area contributed by atoms with E-state index in [9.17, 15) is 9.59 Å². The minimum Gasteiger partial charge on any atom is -0.497 e. The number of methoxy groups -OCH3 is 2. The summed E-state index contributed by atoms with van der Waals surface area (Å²) in [4.78, 5) is 24.0. The van der Waals surface area contributed by atoms with Crippen molar-refractivity contribution in [2.45, 2.75) is 32.6 Å². The van der Waals surface area contributed by atoms with E-state index >= 15 is 0 Å². The van der Waals surface area contributed by atoms with E-state index < -0.39 is 0 Å². The fraction of sp³-hybridized carbons (Fsp3) is 0.333. The van der Waals surface area contributed by atoms with Crippen LogP contribution in [0.5, 0.6) is 11.5 Å². The highest BCUT2D eigenvalue weighted by Gasteiger charge is 2.07. The quantitative estimate of drug-likeness (QED) is 0.699. The second-order valence-electron chi connectivity index (χ2n) is 6.15. The molecule has 2 amide bonds. The van der Waals surface area contributed by atoms with Crippen molar-refractivity contribution in [1.29, 1.82) is 0 Å². The van der Waals surface area contributed by atoms with Crippen molar-refractivity contribution < 1.29 is 19.1 Å². The van der Waals surface area contributed by atoms with Gasteiger partial charge in [-0.15, -0.1) is 0 Å². The third-order valence-corrected chi connectivity index (χ3v) is 3.96. The first-order chi connectivity index (χ1) is 13.0. The Balaban J connectivity index is 1.93. The van der Waals surface area contributed by atoms with Gasteiger partial charge >= 0.3 is 0 Å². The first kappa shape index (κ1) is 20.3. The molecule has 0 atom stereocenters. The predicted octanol–water partition coefficient (Wildman–Crippen LogP) is 4.01. The van der Waals surface area contributed by atoms with E-state index in [0.29, 0.717) is 42.1 Å². The van der Waals surface area contributed by atoms with Gasteiger partial charge < -0.3 is 20.1 Å². The molecule has 0 saturated heterocycles. The summed E-state index contributed by atoms with van der Waals surface area (Å²) < 4.78 is 10.5. The van der Waals surface area contributed by atoms with Crippen molar-refractivity contribution in [1.82, 2.24) is 0 Å². The molecule has 144 valence electrons. The van der Waals surface area contributed by atoms with Crippen LogP contribution in [-0.2, 0) is 16.0 Å². The molecule has 0 unspecified atom stereocenters. The Morgan fingerprint density at radius 1 is 0.852 bits per heavy atom. The zero-order valence-electron chi connectivity index (χ0n) is 16.0. The second kappa shape index (κ2) is 10.2. The number of hydrogen-bond acceptors (Lipinski definition) is 4. The molecule has 2 aromatic carbocycles. The van der Waals surface area contributed by atoms with E-state index in [-0.39, 0.29) is 11.8 Å². The highest BCUT2D eigenvalue weighted by molar-refractivity contribution is 5.94. The Bertz CT molecular complexity index is 767. The zero-order chi connectivity index (χ0) is 19.6. The smallest absolute Gasteiger partial charge is 0.224 e. The lowest BCUT2D eigenvalue weighted by molar-refractivity contribution is -0.117. The van der Waals surface area contributed by atoms with Gasteiger partial charge in [-0.05, 0) is 48.7 Å². The summed E-state index contributed by atoms with van der Waals surface area (Å²) in [5.74, 6) is 1.25. The molecule has 0 heterocycles. The van der Waals surface area contributed by atoms with E-state index in [1.54, 1.807) is 44.6 Å². The summed E-state index contributed by atoms with van der Waals surface area (Å²) >= 11 is 0. The van der Waals surface area contributed by atoms with Crippen LogP contribution < -0.4 is 20.1 Å². The Hall–Kier alpha value is -3.02. The largest absolute Gasteiger partial charge is 0.497 e. The van der Waals surface area contributed by atoms with E-state index in [1.807, 2.05) is 19.1 Å². The van der Waals surface area contributed by atoms with Crippen molar-refractivity contribution in [3.8, 4) is 11.5 Å². The first-order valence-electron chi connectivity index (χ1n) is 8.95. The monoisotopic (exact) mass is 370 g/mol. The molecule has 0 saturated carbocycles. The number of aryl methyl sites for hydroxylation is 1. The van der Waals surface area contributed by atoms with Gasteiger partial charge in [0.2, 0.25) is 11.8 Å². The molecule has 0 bridgehead atoms. The van der Waals surface area contributed by atoms with Crippen molar-refractivity contribution in [3.05, 3.63) is 48.0 Å². The van der Waals surface area contributed by atoms with Crippen LogP contribution in [0.2, 0.25) is 0 Å². The number of hydrogen-bond donors (Lipinski definition) is 2. The van der Waals surface area contributed by atoms with Crippen LogP contribution in [0.4, 0.5) is 11.4 Å². The first-order valence-corrected chi connectivity index (χ1v) is 8.95. The maximum atomic E-state index is 12.3. The molecule has 0 radical (unpaired) electrons. The van der Waals surface area contributed by atoms with Crippen LogP contribution in [0.3, 0.4) is 0 Å². The topological polar surface area (TPSA) is 76.7 Å². The molecule has 0 aliphatic rings. The molecule has 0 spiro atoms. The number of amides is 2. The van der Waals surface area contributed by atoms with Gasteiger partial charge in [0.15, 0.2) is 0 Å². The number of rotatable bonds is 9. The molecule has 0 aromatic heterocycles. The molecule has 0 fully saturated rings. The maximum absolute atomic E-state index is 12.3. The minimum absolute atomic E-state index is 0.0343. The second-order valence-corrected chi connectivity index (χ2v) is 6.15. The number of ether oxygens (including phenoxy) is 2. The summed E-state index contributed by atoms with van der Waals surface area (Å²) in [7, 11) is 3.19. The van der Waals surface area contributed by atoms with Crippen LogP contribution >= 0.6 is 0 Å². The lowest BCUT2D eigenvalue weighted by atomic mass is 10.1. The Kier molecular flexibility index (Phi) is 7.67. The third kappa shape index (κ3) is 6.66. The van der Waals surface area contributed by atoms with Crippen LogP contribution in [0.1, 0.15) is 31.7 Å². The van der Waals surface area contributed by atoms with E-state index in [0.717, 1.165) is 12.0 Å². The fourth-order valence-electron chi connectivity index (χ4n) is 2.62. The van der Waals surface area contributed by atoms with Crippen LogP contribution in [0.25, 0.3) is 0 Å². The summed E-state index contributed by atoms with van der Waals surface area (Å²) in [5.41, 5.74) is 2.28. The predicted molar refractivity (Wildman–Crippen MR) is 106 cm³/mol. The maximum Gasteiger partial charge on any atom is 0.224 e. The van der Waals surface area contributed by atoms with Crippen LogP contribution in [-0.4, -0.2) is 26.0 Å². The number of benzene rings is 2. The van der Waals surface area contributed by atoms with Crippen molar-refractivity contribution >= 4 is 23.2 Å². The molecule has 6 heteroatoms. The molecule has 0 aliphatic heterocycles. The van der Waals surface area contributed by atoms with Crippen molar-refractivity contribution in [2.24, 2.45) is 0 Å². The molecule has 2 N–H and O–H groups in total. The average molecular weight is 370 g/mol. The highest BCUT2D eigenvalue weighted by Crippen LogP contribution is 2.23. The van der Waals surface area contributed by atoms with Crippen LogP contribution in [0, 0.1) is 0 Å². The standard InChI is InChI=1S/C21H26N2O4/c1-4-6-20(24)22-16-7-5-8-17(13-16)23-21(25)10-9-15-11-18(26-2)14-19(12-15)27-3/h5,7-8,11-14H,4,6,9-10H2,1-3H3,(H,22,24)(H,23,25). The van der Waals surface area contributed by atoms with Gasteiger partial charge in [0, 0.05) is 30.3 Å². The molecular formula is C21H26N2O4. The number of anilines is 2. The van der Waals surface area contributed by atoms with E-state index in [2.05, 4.69) is 10.6 Å². The van der Waals surface area contributed by atoms with Gasteiger partial charge in [-0.2, -0.15) is 0 Å². The Labute approximate surface area is 159 Å². The molecular weight excluding hydrogens is 344 g/mol. The summed E-state index contributed by atoms with van der Waals surface area (Å²) in [6, 6.07) is 12.7. The molecule has 2 aromatic rings. The number of carbonyl (C=O) groups is 2. The minimum atomic E-state index is -0.103. The van der Waals surface area contributed by atoms with Gasteiger partial charge in [0.25, 0.3) is 0 Å². The van der Waals surface area contributed by atoms with Gasteiger partial charge in [-0.3, -0.25) is 9.59 Å². The van der Waals surface area contributed by atoms with Gasteiger partial charge in [-0.1, -0.05) is 13.0 Å². The lowest BCUT2D eigenvalue weighted by Gasteiger charge is -2.10. The Morgan fingerprint density at radius 3 is 1.93 bits per heavy atom. The van der Waals surface area contributed by atoms with Crippen LogP contribution in [0.15, 0.2) is 42.5 Å². The normalized spacial score (nSPS) is 10.2. The molecule has 0 aliphatic carbocycles. The van der Waals surface area contributed by atoms with E-state index in [1.165, 1.54) is 0 Å². The SMILES string of the molecule is CCCC(=O)Nc1cccc(NC(=O)CCc2cc(OC)cc(OC)c2)c1. The molecule has 2 rings (SSSR count). The zero-order valence-corrected chi connectivity index (χ0v) is 16.0. The van der Waals surface area contributed by atoms with Gasteiger partial charge in [0.1, 0.15) is 11.5 Å². The van der Waals surface area contributed by atoms with Crippen molar-refractivity contribution in [2.75, 3.05) is 24.9 Å². The van der Waals surface area contributed by atoms with Crippen molar-refractivity contribution in [3.63, 3.8) is 0 Å². The highest BCUT2D eigenvalue weighted by atomic mass is 16.5.